The van der Waals surface area contributed by atoms with Gasteiger partial charge in [0, 0.05) is 18.2 Å². The largest absolute Gasteiger partial charge is 0.497 e. The number of ether oxygens (including phenoxy) is 1. The number of hydrogen-bond acceptors (Lipinski definition) is 2. The average Bonchev–Trinajstić information content (AvgIpc) is 2.52. The Hall–Kier alpha value is -2.62. The van der Waals surface area contributed by atoms with Crippen LogP contribution in [0, 0.1) is 5.82 Å². The molecule has 2 rings (SSSR count). The van der Waals surface area contributed by atoms with Crippen molar-refractivity contribution in [3.63, 3.8) is 0 Å². The Labute approximate surface area is 123 Å². The summed E-state index contributed by atoms with van der Waals surface area (Å²) in [4.78, 5) is 11.7. The van der Waals surface area contributed by atoms with Crippen LogP contribution in [0.3, 0.4) is 0 Å². The zero-order chi connectivity index (χ0) is 15.1. The van der Waals surface area contributed by atoms with Gasteiger partial charge in [-0.25, -0.2) is 4.39 Å². The van der Waals surface area contributed by atoms with Gasteiger partial charge in [0.05, 0.1) is 7.11 Å². The molecule has 0 bridgehead atoms. The Morgan fingerprint density at radius 2 is 2.05 bits per heavy atom. The van der Waals surface area contributed by atoms with Crippen molar-refractivity contribution in [3.05, 3.63) is 71.6 Å². The van der Waals surface area contributed by atoms with Crippen molar-refractivity contribution in [2.45, 2.75) is 6.54 Å². The van der Waals surface area contributed by atoms with E-state index < -0.39 is 0 Å². The minimum atomic E-state index is -0.324. The molecule has 0 aliphatic rings. The molecule has 0 saturated carbocycles. The van der Waals surface area contributed by atoms with Gasteiger partial charge in [0.1, 0.15) is 11.6 Å². The van der Waals surface area contributed by atoms with Crippen LogP contribution in [0.25, 0.3) is 6.08 Å². The fraction of sp³-hybridized carbons (Fsp3) is 0.118. The molecule has 0 atom stereocenters. The number of benzene rings is 2. The first-order chi connectivity index (χ1) is 10.2. The maximum atomic E-state index is 13.4. The molecule has 0 radical (unpaired) electrons. The van der Waals surface area contributed by atoms with Crippen molar-refractivity contribution in [2.24, 2.45) is 0 Å². The standard InChI is InChI=1S/C17H16FNO2/c1-21-15-7-4-5-13(11-15)9-10-17(20)19-12-14-6-2-3-8-16(14)18/h2-11H,12H2,1H3,(H,19,20). The van der Waals surface area contributed by atoms with Crippen LogP contribution in [0.1, 0.15) is 11.1 Å². The molecule has 3 nitrogen and oxygen atoms in total. The topological polar surface area (TPSA) is 38.3 Å². The SMILES string of the molecule is COc1cccc(C=CC(=O)NCc2ccccc2F)c1. The van der Waals surface area contributed by atoms with E-state index in [1.165, 1.54) is 12.1 Å². The number of amides is 1. The number of hydrogen-bond donors (Lipinski definition) is 1. The van der Waals surface area contributed by atoms with E-state index in [1.54, 1.807) is 31.4 Å². The van der Waals surface area contributed by atoms with E-state index in [1.807, 2.05) is 24.3 Å². The van der Waals surface area contributed by atoms with E-state index in [0.717, 1.165) is 11.3 Å². The highest BCUT2D eigenvalue weighted by Crippen LogP contribution is 2.13. The van der Waals surface area contributed by atoms with E-state index >= 15 is 0 Å². The first-order valence-electron chi connectivity index (χ1n) is 6.52. The summed E-state index contributed by atoms with van der Waals surface area (Å²) in [5.74, 6) is 0.125. The lowest BCUT2D eigenvalue weighted by Crippen LogP contribution is -2.20. The van der Waals surface area contributed by atoms with Gasteiger partial charge in [-0.1, -0.05) is 30.3 Å². The Balaban J connectivity index is 1.92. The van der Waals surface area contributed by atoms with Crippen LogP contribution in [-0.4, -0.2) is 13.0 Å². The molecule has 21 heavy (non-hydrogen) atoms. The predicted octanol–water partition coefficient (Wildman–Crippen LogP) is 3.16. The second-order valence-corrected chi connectivity index (χ2v) is 4.42. The summed E-state index contributed by atoms with van der Waals surface area (Å²) in [5.41, 5.74) is 1.32. The number of nitrogens with one attached hydrogen (secondary N) is 1. The van der Waals surface area contributed by atoms with Crippen molar-refractivity contribution in [1.29, 1.82) is 0 Å². The zero-order valence-electron chi connectivity index (χ0n) is 11.7. The first kappa shape index (κ1) is 14.8. The number of carbonyl (C=O) groups excluding carboxylic acids is 1. The van der Waals surface area contributed by atoms with Gasteiger partial charge in [-0.3, -0.25) is 4.79 Å². The summed E-state index contributed by atoms with van der Waals surface area (Å²) in [6.45, 7) is 0.161. The van der Waals surface area contributed by atoms with Gasteiger partial charge in [-0.05, 0) is 29.8 Å². The van der Waals surface area contributed by atoms with Crippen LogP contribution in [0.4, 0.5) is 4.39 Å². The molecule has 0 fully saturated rings. The molecule has 2 aromatic rings. The Morgan fingerprint density at radius 3 is 2.81 bits per heavy atom. The highest BCUT2D eigenvalue weighted by molar-refractivity contribution is 5.91. The zero-order valence-corrected chi connectivity index (χ0v) is 11.7. The minimum absolute atomic E-state index is 0.161. The molecule has 0 saturated heterocycles. The lowest BCUT2D eigenvalue weighted by molar-refractivity contribution is -0.116. The molecule has 0 spiro atoms. The third-order valence-corrected chi connectivity index (χ3v) is 2.93. The maximum absolute atomic E-state index is 13.4. The van der Waals surface area contributed by atoms with E-state index in [0.29, 0.717) is 5.56 Å². The highest BCUT2D eigenvalue weighted by atomic mass is 19.1. The molecule has 0 aromatic heterocycles. The molecule has 0 aliphatic heterocycles. The average molecular weight is 285 g/mol. The molecule has 0 heterocycles. The van der Waals surface area contributed by atoms with Gasteiger partial charge < -0.3 is 10.1 Å². The van der Waals surface area contributed by atoms with Crippen molar-refractivity contribution in [3.8, 4) is 5.75 Å². The van der Waals surface area contributed by atoms with Crippen molar-refractivity contribution in [2.75, 3.05) is 7.11 Å². The van der Waals surface area contributed by atoms with Gasteiger partial charge in [0.25, 0.3) is 0 Å². The van der Waals surface area contributed by atoms with Gasteiger partial charge in [0.15, 0.2) is 0 Å². The summed E-state index contributed by atoms with van der Waals surface area (Å²) in [7, 11) is 1.59. The third kappa shape index (κ3) is 4.45. The summed E-state index contributed by atoms with van der Waals surface area (Å²) >= 11 is 0. The second kappa shape index (κ2) is 7.24. The third-order valence-electron chi connectivity index (χ3n) is 2.93. The molecular formula is C17H16FNO2. The number of carbonyl (C=O) groups is 1. The normalized spacial score (nSPS) is 10.6. The van der Waals surface area contributed by atoms with Gasteiger partial charge in [0.2, 0.25) is 5.91 Å². The molecule has 1 N–H and O–H groups in total. The van der Waals surface area contributed by atoms with Crippen LogP contribution in [0.15, 0.2) is 54.6 Å². The fourth-order valence-corrected chi connectivity index (χ4v) is 1.80. The molecule has 0 unspecified atom stereocenters. The number of rotatable bonds is 5. The van der Waals surface area contributed by atoms with Crippen LogP contribution in [0.2, 0.25) is 0 Å². The lowest BCUT2D eigenvalue weighted by Gasteiger charge is -2.04. The summed E-state index contributed by atoms with van der Waals surface area (Å²) < 4.78 is 18.5. The smallest absolute Gasteiger partial charge is 0.244 e. The molecule has 0 aliphatic carbocycles. The lowest BCUT2D eigenvalue weighted by atomic mass is 10.2. The van der Waals surface area contributed by atoms with E-state index in [-0.39, 0.29) is 18.3 Å². The van der Waals surface area contributed by atoms with E-state index in [4.69, 9.17) is 4.74 Å². The summed E-state index contributed by atoms with van der Waals surface area (Å²) in [5, 5.41) is 2.64. The van der Waals surface area contributed by atoms with Gasteiger partial charge in [-0.2, -0.15) is 0 Å². The maximum Gasteiger partial charge on any atom is 0.244 e. The molecular weight excluding hydrogens is 269 g/mol. The van der Waals surface area contributed by atoms with Crippen LogP contribution >= 0.6 is 0 Å². The first-order valence-corrected chi connectivity index (χ1v) is 6.52. The van der Waals surface area contributed by atoms with Crippen LogP contribution < -0.4 is 10.1 Å². The highest BCUT2D eigenvalue weighted by Gasteiger charge is 2.01. The number of halogens is 1. The summed E-state index contributed by atoms with van der Waals surface area (Å²) in [6, 6.07) is 13.7. The quantitative estimate of drug-likeness (QED) is 0.857. The Kier molecular flexibility index (Phi) is 5.10. The van der Waals surface area contributed by atoms with Crippen molar-refractivity contribution < 1.29 is 13.9 Å². The monoisotopic (exact) mass is 285 g/mol. The molecule has 4 heteroatoms. The Morgan fingerprint density at radius 1 is 1.24 bits per heavy atom. The Bertz CT molecular complexity index is 653. The molecule has 108 valence electrons. The predicted molar refractivity (Wildman–Crippen MR) is 80.3 cm³/mol. The van der Waals surface area contributed by atoms with Crippen LogP contribution in [0.5, 0.6) is 5.75 Å². The van der Waals surface area contributed by atoms with E-state index in [9.17, 15) is 9.18 Å². The second-order valence-electron chi connectivity index (χ2n) is 4.42. The van der Waals surface area contributed by atoms with Gasteiger partial charge in [-0.15, -0.1) is 0 Å². The van der Waals surface area contributed by atoms with Crippen LogP contribution in [-0.2, 0) is 11.3 Å². The van der Waals surface area contributed by atoms with Crippen molar-refractivity contribution >= 4 is 12.0 Å². The number of methoxy groups -OCH3 is 1. The molecule has 2 aromatic carbocycles. The van der Waals surface area contributed by atoms with Gasteiger partial charge >= 0.3 is 0 Å². The molecule has 1 amide bonds. The minimum Gasteiger partial charge on any atom is -0.497 e. The van der Waals surface area contributed by atoms with Crippen molar-refractivity contribution in [1.82, 2.24) is 5.32 Å². The summed E-state index contributed by atoms with van der Waals surface area (Å²) in [6.07, 6.45) is 3.09. The fourth-order valence-electron chi connectivity index (χ4n) is 1.80. The van der Waals surface area contributed by atoms with E-state index in [2.05, 4.69) is 5.32 Å².